The molecule has 0 unspecified atom stereocenters. The number of pyridine rings is 1. The van der Waals surface area contributed by atoms with E-state index in [0.29, 0.717) is 6.54 Å². The molecule has 0 spiro atoms. The first-order chi connectivity index (χ1) is 8.45. The van der Waals surface area contributed by atoms with E-state index < -0.39 is 22.8 Å². The fourth-order valence-corrected chi connectivity index (χ4v) is 1.89. The lowest BCUT2D eigenvalue weighted by molar-refractivity contribution is 0.0695. The summed E-state index contributed by atoms with van der Waals surface area (Å²) in [6.07, 6.45) is 1.14. The molecule has 2 N–H and O–H groups in total. The van der Waals surface area contributed by atoms with Gasteiger partial charge in [-0.3, -0.25) is 4.79 Å². The Morgan fingerprint density at radius 3 is 2.67 bits per heavy atom. The molecular formula is C12H10FNO4. The van der Waals surface area contributed by atoms with Crippen LogP contribution in [-0.4, -0.2) is 20.7 Å². The quantitative estimate of drug-likeness (QED) is 0.848. The molecule has 0 atom stereocenters. The van der Waals surface area contributed by atoms with Crippen LogP contribution in [0.1, 0.15) is 17.3 Å². The molecule has 0 saturated carbocycles. The van der Waals surface area contributed by atoms with E-state index in [9.17, 15) is 19.1 Å². The van der Waals surface area contributed by atoms with Crippen LogP contribution in [0, 0.1) is 5.82 Å². The van der Waals surface area contributed by atoms with Gasteiger partial charge in [-0.1, -0.05) is 0 Å². The van der Waals surface area contributed by atoms with E-state index in [1.54, 1.807) is 6.92 Å². The molecule has 0 aliphatic rings. The minimum atomic E-state index is -1.38. The maximum absolute atomic E-state index is 13.2. The summed E-state index contributed by atoms with van der Waals surface area (Å²) in [5.74, 6) is -2.56. The number of aromatic nitrogens is 1. The van der Waals surface area contributed by atoms with Crippen molar-refractivity contribution in [3.63, 3.8) is 0 Å². The fraction of sp³-hybridized carbons (Fsp3) is 0.167. The summed E-state index contributed by atoms with van der Waals surface area (Å²) in [6.45, 7) is 2.06. The zero-order valence-electron chi connectivity index (χ0n) is 9.48. The number of carboxylic acid groups (broad SMARTS) is 1. The van der Waals surface area contributed by atoms with Crippen LogP contribution in [0.5, 0.6) is 5.75 Å². The van der Waals surface area contributed by atoms with Gasteiger partial charge in [0.15, 0.2) is 0 Å². The molecule has 0 bridgehead atoms. The molecule has 2 aromatic rings. The van der Waals surface area contributed by atoms with Crippen molar-refractivity contribution >= 4 is 16.9 Å². The average Bonchev–Trinajstić information content (AvgIpc) is 2.29. The highest BCUT2D eigenvalue weighted by Gasteiger charge is 2.17. The van der Waals surface area contributed by atoms with Crippen LogP contribution < -0.4 is 5.43 Å². The van der Waals surface area contributed by atoms with Crippen LogP contribution in [-0.2, 0) is 6.54 Å². The summed E-state index contributed by atoms with van der Waals surface area (Å²) in [4.78, 5) is 22.8. The van der Waals surface area contributed by atoms with E-state index in [2.05, 4.69) is 0 Å². The number of phenolic OH excluding ortho intramolecular Hbond substituents is 1. The van der Waals surface area contributed by atoms with Gasteiger partial charge in [-0.15, -0.1) is 0 Å². The van der Waals surface area contributed by atoms with Gasteiger partial charge < -0.3 is 14.8 Å². The number of hydrogen-bond donors (Lipinski definition) is 2. The van der Waals surface area contributed by atoms with Crippen molar-refractivity contribution in [2.75, 3.05) is 0 Å². The van der Waals surface area contributed by atoms with Crippen LogP contribution >= 0.6 is 0 Å². The molecule has 5 nitrogen and oxygen atoms in total. The Morgan fingerprint density at radius 2 is 2.11 bits per heavy atom. The molecule has 0 aliphatic heterocycles. The number of hydrogen-bond acceptors (Lipinski definition) is 3. The lowest BCUT2D eigenvalue weighted by atomic mass is 10.1. The second-order valence-electron chi connectivity index (χ2n) is 3.78. The standard InChI is InChI=1S/C12H10FNO4/c1-2-14-5-8(12(17)18)11(16)7-3-6(13)4-9(15)10(7)14/h3-5,15H,2H2,1H3,(H,17,18). The third-order valence-electron chi connectivity index (χ3n) is 2.69. The first-order valence-corrected chi connectivity index (χ1v) is 5.24. The first kappa shape index (κ1) is 12.1. The lowest BCUT2D eigenvalue weighted by Crippen LogP contribution is -2.18. The zero-order chi connectivity index (χ0) is 13.4. The minimum Gasteiger partial charge on any atom is -0.506 e. The van der Waals surface area contributed by atoms with E-state index in [1.807, 2.05) is 0 Å². The SMILES string of the molecule is CCn1cc(C(=O)O)c(=O)c2cc(F)cc(O)c21. The molecule has 0 saturated heterocycles. The average molecular weight is 251 g/mol. The highest BCUT2D eigenvalue weighted by molar-refractivity contribution is 5.94. The molecule has 1 heterocycles. The summed E-state index contributed by atoms with van der Waals surface area (Å²) in [5.41, 5.74) is -1.12. The number of phenols is 1. The van der Waals surface area contributed by atoms with Crippen LogP contribution in [0.2, 0.25) is 0 Å². The van der Waals surface area contributed by atoms with Gasteiger partial charge in [-0.25, -0.2) is 9.18 Å². The van der Waals surface area contributed by atoms with Crippen LogP contribution in [0.25, 0.3) is 10.9 Å². The summed E-state index contributed by atoms with van der Waals surface area (Å²) >= 11 is 0. The van der Waals surface area contributed by atoms with Gasteiger partial charge in [0.2, 0.25) is 5.43 Å². The van der Waals surface area contributed by atoms with Gasteiger partial charge >= 0.3 is 5.97 Å². The minimum absolute atomic E-state index is 0.133. The second-order valence-corrected chi connectivity index (χ2v) is 3.78. The molecule has 0 radical (unpaired) electrons. The van der Waals surface area contributed by atoms with Gasteiger partial charge in [-0.2, -0.15) is 0 Å². The molecule has 0 aliphatic carbocycles. The monoisotopic (exact) mass is 251 g/mol. The Balaban J connectivity index is 3.03. The van der Waals surface area contributed by atoms with Gasteiger partial charge in [0, 0.05) is 18.8 Å². The number of aryl methyl sites for hydroxylation is 1. The van der Waals surface area contributed by atoms with Gasteiger partial charge in [0.05, 0.1) is 10.9 Å². The molecule has 0 amide bonds. The molecular weight excluding hydrogens is 241 g/mol. The van der Waals surface area contributed by atoms with Crippen LogP contribution in [0.3, 0.4) is 0 Å². The van der Waals surface area contributed by atoms with Crippen LogP contribution in [0.4, 0.5) is 4.39 Å². The molecule has 0 fully saturated rings. The summed E-state index contributed by atoms with van der Waals surface area (Å²) < 4.78 is 14.6. The molecule has 18 heavy (non-hydrogen) atoms. The number of aromatic carboxylic acids is 1. The van der Waals surface area contributed by atoms with Crippen molar-refractivity contribution in [1.82, 2.24) is 4.57 Å². The maximum Gasteiger partial charge on any atom is 0.341 e. The van der Waals surface area contributed by atoms with Crippen molar-refractivity contribution in [2.45, 2.75) is 13.5 Å². The Bertz CT molecular complexity index is 705. The predicted molar refractivity (Wildman–Crippen MR) is 62.5 cm³/mol. The number of halogens is 1. The van der Waals surface area contributed by atoms with Crippen molar-refractivity contribution in [2.24, 2.45) is 0 Å². The molecule has 94 valence electrons. The topological polar surface area (TPSA) is 79.5 Å². The highest BCUT2D eigenvalue weighted by Crippen LogP contribution is 2.24. The molecule has 1 aromatic carbocycles. The summed E-state index contributed by atoms with van der Waals surface area (Å²) in [5, 5.41) is 18.4. The van der Waals surface area contributed by atoms with Crippen molar-refractivity contribution < 1.29 is 19.4 Å². The first-order valence-electron chi connectivity index (χ1n) is 5.24. The number of rotatable bonds is 2. The predicted octanol–water partition coefficient (Wildman–Crippen LogP) is 1.56. The molecule has 6 heteroatoms. The number of nitrogens with zero attached hydrogens (tertiary/aromatic N) is 1. The maximum atomic E-state index is 13.2. The van der Waals surface area contributed by atoms with Crippen LogP contribution in [0.15, 0.2) is 23.1 Å². The highest BCUT2D eigenvalue weighted by atomic mass is 19.1. The van der Waals surface area contributed by atoms with E-state index >= 15 is 0 Å². The van der Waals surface area contributed by atoms with E-state index in [-0.39, 0.29) is 16.7 Å². The van der Waals surface area contributed by atoms with Crippen molar-refractivity contribution in [1.29, 1.82) is 0 Å². The van der Waals surface area contributed by atoms with E-state index in [0.717, 1.165) is 18.3 Å². The Labute approximate surface area is 101 Å². The second kappa shape index (κ2) is 4.14. The largest absolute Gasteiger partial charge is 0.506 e. The Morgan fingerprint density at radius 1 is 1.44 bits per heavy atom. The Hall–Kier alpha value is -2.37. The van der Waals surface area contributed by atoms with E-state index in [1.165, 1.54) is 4.57 Å². The molecule has 1 aromatic heterocycles. The summed E-state index contributed by atoms with van der Waals surface area (Å²) in [7, 11) is 0. The number of carbonyl (C=O) groups is 1. The smallest absolute Gasteiger partial charge is 0.341 e. The number of fused-ring (bicyclic) bond motifs is 1. The lowest BCUT2D eigenvalue weighted by Gasteiger charge is -2.11. The van der Waals surface area contributed by atoms with E-state index in [4.69, 9.17) is 5.11 Å². The fourth-order valence-electron chi connectivity index (χ4n) is 1.89. The van der Waals surface area contributed by atoms with Gasteiger partial charge in [0.25, 0.3) is 0 Å². The van der Waals surface area contributed by atoms with Gasteiger partial charge in [-0.05, 0) is 13.0 Å². The Kier molecular flexibility index (Phi) is 2.78. The number of carboxylic acids is 1. The van der Waals surface area contributed by atoms with Gasteiger partial charge in [0.1, 0.15) is 17.1 Å². The normalized spacial score (nSPS) is 10.8. The third-order valence-corrected chi connectivity index (χ3v) is 2.69. The zero-order valence-corrected chi connectivity index (χ0v) is 9.48. The third kappa shape index (κ3) is 1.71. The summed E-state index contributed by atoms with van der Waals surface area (Å²) in [6, 6.07) is 1.81. The van der Waals surface area contributed by atoms with Crippen molar-refractivity contribution in [3.8, 4) is 5.75 Å². The molecule has 2 rings (SSSR count). The van der Waals surface area contributed by atoms with Crippen molar-refractivity contribution in [3.05, 3.63) is 39.9 Å². The number of aromatic hydroxyl groups is 1. The number of benzene rings is 1.